The Kier molecular flexibility index (Phi) is 2.31. The number of aryl methyl sites for hydroxylation is 1. The largest absolute Gasteiger partial charge is 0.506 e. The maximum Gasteiger partial charge on any atom is 0.358 e. The van der Waals surface area contributed by atoms with Crippen molar-refractivity contribution in [2.24, 2.45) is 7.05 Å². The van der Waals surface area contributed by atoms with E-state index in [-0.39, 0.29) is 11.4 Å². The van der Waals surface area contributed by atoms with Crippen LogP contribution in [-0.2, 0) is 7.05 Å². The van der Waals surface area contributed by atoms with Crippen molar-refractivity contribution in [1.82, 2.24) is 9.72 Å². The van der Waals surface area contributed by atoms with Crippen LogP contribution in [0.2, 0.25) is 0 Å². The summed E-state index contributed by atoms with van der Waals surface area (Å²) < 4.78 is 6.76. The zero-order valence-electron chi connectivity index (χ0n) is 9.99. The molecule has 0 saturated heterocycles. The van der Waals surface area contributed by atoms with Gasteiger partial charge in [0.25, 0.3) is 0 Å². The minimum Gasteiger partial charge on any atom is -0.506 e. The van der Waals surface area contributed by atoms with Crippen LogP contribution in [0.15, 0.2) is 34.9 Å². The average Bonchev–Trinajstić information content (AvgIpc) is 2.95. The van der Waals surface area contributed by atoms with Crippen molar-refractivity contribution in [2.45, 2.75) is 0 Å². The van der Waals surface area contributed by atoms with E-state index in [0.717, 1.165) is 5.39 Å². The number of rotatable bonds is 2. The first-order valence-electron chi connectivity index (χ1n) is 5.55. The van der Waals surface area contributed by atoms with Gasteiger partial charge in [0, 0.05) is 18.5 Å². The molecule has 0 atom stereocenters. The molecule has 2 heterocycles. The number of carbonyl (C=O) groups is 1. The summed E-state index contributed by atoms with van der Waals surface area (Å²) >= 11 is 0. The van der Waals surface area contributed by atoms with E-state index in [1.54, 1.807) is 29.8 Å². The van der Waals surface area contributed by atoms with Gasteiger partial charge in [0.05, 0.1) is 11.2 Å². The van der Waals surface area contributed by atoms with Crippen LogP contribution >= 0.6 is 0 Å². The maximum absolute atomic E-state index is 10.8. The fraction of sp³-hybridized carbons (Fsp3) is 0.0769. The van der Waals surface area contributed by atoms with Crippen molar-refractivity contribution >= 4 is 16.9 Å². The van der Waals surface area contributed by atoms with Gasteiger partial charge >= 0.3 is 5.97 Å². The molecule has 0 amide bonds. The number of carboxylic acid groups (broad SMARTS) is 1. The third-order valence-corrected chi connectivity index (χ3v) is 3.02. The van der Waals surface area contributed by atoms with E-state index in [0.29, 0.717) is 17.0 Å². The molecule has 0 unspecified atom stereocenters. The molecular weight excluding hydrogens is 248 g/mol. The summed E-state index contributed by atoms with van der Waals surface area (Å²) in [5, 5.41) is 23.0. The Morgan fingerprint density at radius 1 is 1.37 bits per heavy atom. The third-order valence-electron chi connectivity index (χ3n) is 3.02. The summed E-state index contributed by atoms with van der Waals surface area (Å²) in [4.78, 5) is 10.8. The van der Waals surface area contributed by atoms with E-state index in [9.17, 15) is 9.90 Å². The molecule has 2 aromatic heterocycles. The minimum atomic E-state index is -1.14. The summed E-state index contributed by atoms with van der Waals surface area (Å²) in [7, 11) is 1.76. The second-order valence-corrected chi connectivity index (χ2v) is 4.19. The van der Waals surface area contributed by atoms with Gasteiger partial charge in [-0.25, -0.2) is 4.79 Å². The second kappa shape index (κ2) is 3.88. The Labute approximate surface area is 107 Å². The Hall–Kier alpha value is -2.76. The maximum atomic E-state index is 10.8. The normalized spacial score (nSPS) is 11.0. The van der Waals surface area contributed by atoms with E-state index in [1.165, 1.54) is 6.07 Å². The number of phenols is 1. The van der Waals surface area contributed by atoms with Gasteiger partial charge in [-0.1, -0.05) is 17.3 Å². The number of hydrogen-bond acceptors (Lipinski definition) is 4. The molecule has 0 spiro atoms. The van der Waals surface area contributed by atoms with Crippen molar-refractivity contribution in [3.05, 3.63) is 36.0 Å². The summed E-state index contributed by atoms with van der Waals surface area (Å²) in [6, 6.07) is 8.35. The van der Waals surface area contributed by atoms with Crippen LogP contribution in [0.4, 0.5) is 0 Å². The predicted molar refractivity (Wildman–Crippen MR) is 67.0 cm³/mol. The first kappa shape index (κ1) is 11.3. The first-order valence-corrected chi connectivity index (χ1v) is 5.55. The van der Waals surface area contributed by atoms with Crippen LogP contribution in [0.25, 0.3) is 22.4 Å². The summed E-state index contributed by atoms with van der Waals surface area (Å²) in [6.07, 6.45) is 0. The van der Waals surface area contributed by atoms with Gasteiger partial charge in [-0.15, -0.1) is 0 Å². The summed E-state index contributed by atoms with van der Waals surface area (Å²) in [5.74, 6) is -0.642. The van der Waals surface area contributed by atoms with Crippen LogP contribution in [-0.4, -0.2) is 25.9 Å². The van der Waals surface area contributed by atoms with Crippen molar-refractivity contribution in [3.63, 3.8) is 0 Å². The molecule has 0 aliphatic carbocycles. The van der Waals surface area contributed by atoms with E-state index >= 15 is 0 Å². The molecule has 0 aliphatic heterocycles. The quantitative estimate of drug-likeness (QED) is 0.735. The second-order valence-electron chi connectivity index (χ2n) is 4.19. The van der Waals surface area contributed by atoms with Crippen LogP contribution in [0, 0.1) is 0 Å². The van der Waals surface area contributed by atoms with E-state index in [1.807, 2.05) is 6.07 Å². The van der Waals surface area contributed by atoms with Gasteiger partial charge in [-0.2, -0.15) is 0 Å². The highest BCUT2D eigenvalue weighted by Gasteiger charge is 2.17. The summed E-state index contributed by atoms with van der Waals surface area (Å²) in [6.45, 7) is 0. The molecule has 1 aromatic carbocycles. The third kappa shape index (κ3) is 1.65. The van der Waals surface area contributed by atoms with E-state index < -0.39 is 5.97 Å². The van der Waals surface area contributed by atoms with Crippen LogP contribution < -0.4 is 0 Å². The van der Waals surface area contributed by atoms with Crippen molar-refractivity contribution in [3.8, 4) is 17.2 Å². The number of phenolic OH excluding ortho intramolecular Hbond substituents is 1. The SMILES string of the molecule is Cn1c(-c2cc(C(=O)O)no2)cc2cccc(O)c21. The molecule has 6 nitrogen and oxygen atoms in total. The number of aromatic carboxylic acids is 1. The number of carboxylic acids is 1. The van der Waals surface area contributed by atoms with Crippen molar-refractivity contribution in [1.29, 1.82) is 0 Å². The van der Waals surface area contributed by atoms with Crippen LogP contribution in [0.3, 0.4) is 0 Å². The molecule has 0 radical (unpaired) electrons. The van der Waals surface area contributed by atoms with Crippen molar-refractivity contribution in [2.75, 3.05) is 0 Å². The smallest absolute Gasteiger partial charge is 0.358 e. The van der Waals surface area contributed by atoms with Gasteiger partial charge in [-0.3, -0.25) is 0 Å². The summed E-state index contributed by atoms with van der Waals surface area (Å²) in [5.41, 5.74) is 1.16. The van der Waals surface area contributed by atoms with Gasteiger partial charge in [0.15, 0.2) is 11.5 Å². The molecule has 0 saturated carbocycles. The zero-order chi connectivity index (χ0) is 13.6. The lowest BCUT2D eigenvalue weighted by Gasteiger charge is -2.01. The first-order chi connectivity index (χ1) is 9.08. The monoisotopic (exact) mass is 258 g/mol. The lowest BCUT2D eigenvalue weighted by Crippen LogP contribution is -1.94. The van der Waals surface area contributed by atoms with Crippen LogP contribution in [0.1, 0.15) is 10.5 Å². The predicted octanol–water partition coefficient (Wildman–Crippen LogP) is 2.24. The molecule has 0 aliphatic rings. The van der Waals surface area contributed by atoms with E-state index in [4.69, 9.17) is 9.63 Å². The Morgan fingerprint density at radius 3 is 2.79 bits per heavy atom. The fourth-order valence-electron chi connectivity index (χ4n) is 2.13. The number of nitrogens with zero attached hydrogens (tertiary/aromatic N) is 2. The molecule has 2 N–H and O–H groups in total. The standard InChI is InChI=1S/C13H10N2O4/c1-15-9(11-6-8(13(17)18)14-19-11)5-7-3-2-4-10(16)12(7)15/h2-6,16H,1H3,(H,17,18). The van der Waals surface area contributed by atoms with Gasteiger partial charge in [0.2, 0.25) is 0 Å². The zero-order valence-corrected chi connectivity index (χ0v) is 9.99. The van der Waals surface area contributed by atoms with Crippen LogP contribution in [0.5, 0.6) is 5.75 Å². The van der Waals surface area contributed by atoms with Gasteiger partial charge < -0.3 is 19.3 Å². The minimum absolute atomic E-state index is 0.149. The molecule has 0 fully saturated rings. The molecule has 19 heavy (non-hydrogen) atoms. The van der Waals surface area contributed by atoms with Crippen molar-refractivity contribution < 1.29 is 19.5 Å². The highest BCUT2D eigenvalue weighted by Crippen LogP contribution is 2.32. The van der Waals surface area contributed by atoms with Gasteiger partial charge in [0.1, 0.15) is 5.75 Å². The number of para-hydroxylation sites is 1. The molecule has 3 rings (SSSR count). The number of aromatic nitrogens is 2. The Balaban J connectivity index is 2.22. The lowest BCUT2D eigenvalue weighted by molar-refractivity contribution is 0.0686. The molecule has 0 bridgehead atoms. The van der Waals surface area contributed by atoms with E-state index in [2.05, 4.69) is 5.16 Å². The fourth-order valence-corrected chi connectivity index (χ4v) is 2.13. The number of hydrogen-bond donors (Lipinski definition) is 2. The number of fused-ring (bicyclic) bond motifs is 1. The lowest BCUT2D eigenvalue weighted by atomic mass is 10.2. The number of benzene rings is 1. The van der Waals surface area contributed by atoms with Gasteiger partial charge in [-0.05, 0) is 12.1 Å². The highest BCUT2D eigenvalue weighted by atomic mass is 16.5. The topological polar surface area (TPSA) is 88.5 Å². The molecule has 3 aromatic rings. The highest BCUT2D eigenvalue weighted by molar-refractivity contribution is 5.91. The molecule has 96 valence electrons. The Bertz CT molecular complexity index is 785. The molecule has 6 heteroatoms. The molecular formula is C13H10N2O4. The number of aromatic hydroxyl groups is 1. The average molecular weight is 258 g/mol. The Morgan fingerprint density at radius 2 is 2.16 bits per heavy atom.